The predicted octanol–water partition coefficient (Wildman–Crippen LogP) is 3.34. The minimum absolute atomic E-state index is 0.0514. The molecule has 1 N–H and O–H groups in total. The van der Waals surface area contributed by atoms with Gasteiger partial charge >= 0.3 is 0 Å². The van der Waals surface area contributed by atoms with E-state index in [1.54, 1.807) is 24.2 Å². The number of fused-ring (bicyclic) bond motifs is 1. The van der Waals surface area contributed by atoms with E-state index in [4.69, 9.17) is 4.74 Å². The number of H-pyrrole nitrogens is 1. The lowest BCUT2D eigenvalue weighted by Gasteiger charge is -2.32. The summed E-state index contributed by atoms with van der Waals surface area (Å²) in [7, 11) is 3.05. The Morgan fingerprint density at radius 1 is 1.33 bits per heavy atom. The largest absolute Gasteiger partial charge is 0.496 e. The summed E-state index contributed by atoms with van der Waals surface area (Å²) in [4.78, 5) is 27.0. The van der Waals surface area contributed by atoms with Gasteiger partial charge in [-0.25, -0.2) is 4.39 Å². The molecule has 1 fully saturated rings. The first-order chi connectivity index (χ1) is 14.4. The Hall–Kier alpha value is -3.16. The third kappa shape index (κ3) is 3.36. The Bertz CT molecular complexity index is 1160. The number of aromatic nitrogens is 3. The zero-order valence-electron chi connectivity index (χ0n) is 17.4. The number of hydrogen-bond acceptors (Lipinski definition) is 4. The molecule has 0 saturated carbocycles. The molecular weight excluding hydrogens is 387 g/mol. The van der Waals surface area contributed by atoms with Gasteiger partial charge in [-0.15, -0.1) is 0 Å². The number of carbonyl (C=O) groups is 1. The second-order valence-electron chi connectivity index (χ2n) is 7.80. The highest BCUT2D eigenvalue weighted by Gasteiger charge is 2.28. The summed E-state index contributed by atoms with van der Waals surface area (Å²) in [5.74, 6) is -0.194. The van der Waals surface area contributed by atoms with Crippen molar-refractivity contribution in [3.8, 4) is 16.9 Å². The zero-order chi connectivity index (χ0) is 21.4. The van der Waals surface area contributed by atoms with Gasteiger partial charge in [-0.1, -0.05) is 13.3 Å². The highest BCUT2D eigenvalue weighted by molar-refractivity contribution is 5.99. The molecule has 0 spiro atoms. The van der Waals surface area contributed by atoms with Crippen molar-refractivity contribution in [1.29, 1.82) is 0 Å². The number of aromatic amines is 1. The van der Waals surface area contributed by atoms with Gasteiger partial charge < -0.3 is 14.2 Å². The maximum Gasteiger partial charge on any atom is 0.276 e. The van der Waals surface area contributed by atoms with Crippen molar-refractivity contribution >= 4 is 16.8 Å². The van der Waals surface area contributed by atoms with Crippen molar-refractivity contribution in [2.45, 2.75) is 26.2 Å². The number of halogens is 1. The van der Waals surface area contributed by atoms with E-state index in [1.807, 2.05) is 0 Å². The summed E-state index contributed by atoms with van der Waals surface area (Å²) in [6.07, 6.45) is 6.12. The molecule has 1 amide bonds. The van der Waals surface area contributed by atoms with Gasteiger partial charge in [0.15, 0.2) is 0 Å². The van der Waals surface area contributed by atoms with Gasteiger partial charge in [0, 0.05) is 37.3 Å². The number of benzene rings is 1. The Morgan fingerprint density at radius 3 is 2.73 bits per heavy atom. The number of piperidine rings is 1. The normalized spacial score (nSPS) is 15.0. The molecule has 0 unspecified atom stereocenters. The smallest absolute Gasteiger partial charge is 0.276 e. The first kappa shape index (κ1) is 20.1. The van der Waals surface area contributed by atoms with Crippen LogP contribution in [0.4, 0.5) is 4.39 Å². The van der Waals surface area contributed by atoms with Crippen LogP contribution in [-0.4, -0.2) is 45.8 Å². The first-order valence-electron chi connectivity index (χ1n) is 10.1. The van der Waals surface area contributed by atoms with Crippen LogP contribution in [0.5, 0.6) is 5.75 Å². The summed E-state index contributed by atoms with van der Waals surface area (Å²) in [5.41, 5.74) is 1.20. The van der Waals surface area contributed by atoms with Crippen molar-refractivity contribution in [3.05, 3.63) is 46.3 Å². The van der Waals surface area contributed by atoms with E-state index in [0.717, 1.165) is 19.3 Å². The van der Waals surface area contributed by atoms with Crippen LogP contribution in [0.3, 0.4) is 0 Å². The van der Waals surface area contributed by atoms with Gasteiger partial charge in [0.1, 0.15) is 22.6 Å². The third-order valence-corrected chi connectivity index (χ3v) is 6.06. The number of nitrogens with one attached hydrogen (secondary N) is 1. The van der Waals surface area contributed by atoms with Crippen molar-refractivity contribution in [2.24, 2.45) is 13.0 Å². The van der Waals surface area contributed by atoms with E-state index in [2.05, 4.69) is 17.1 Å². The summed E-state index contributed by atoms with van der Waals surface area (Å²) in [6.45, 7) is 3.40. The number of ether oxygens (including phenoxy) is 1. The average molecular weight is 412 g/mol. The Morgan fingerprint density at radius 2 is 2.07 bits per heavy atom. The number of methoxy groups -OCH3 is 1. The number of carbonyl (C=O) groups excluding carboxylic acids is 1. The second kappa shape index (κ2) is 7.93. The summed E-state index contributed by atoms with van der Waals surface area (Å²) < 4.78 is 22.0. The number of amides is 1. The van der Waals surface area contributed by atoms with Gasteiger partial charge in [-0.3, -0.25) is 14.7 Å². The number of hydrogen-bond donors (Lipinski definition) is 1. The second-order valence-corrected chi connectivity index (χ2v) is 7.80. The van der Waals surface area contributed by atoms with Gasteiger partial charge in [0.2, 0.25) is 0 Å². The average Bonchev–Trinajstić information content (AvgIpc) is 3.25. The van der Waals surface area contributed by atoms with Gasteiger partial charge in [0.25, 0.3) is 11.5 Å². The van der Waals surface area contributed by atoms with Crippen LogP contribution in [0.1, 0.15) is 36.5 Å². The molecule has 0 radical (unpaired) electrons. The minimum Gasteiger partial charge on any atom is -0.496 e. The van der Waals surface area contributed by atoms with Crippen molar-refractivity contribution in [3.63, 3.8) is 0 Å². The molecule has 3 heterocycles. The molecule has 8 heteroatoms. The minimum atomic E-state index is -0.641. The number of likely N-dealkylation sites (tertiary alicyclic amines) is 1. The SMILES string of the molecule is CCC1CCN(C(=O)c2c(F)cc(-c3cn(C)c(=O)c4[nH]ncc34)cc2OC)CC1. The highest BCUT2D eigenvalue weighted by atomic mass is 19.1. The molecule has 0 atom stereocenters. The van der Waals surface area contributed by atoms with E-state index in [1.165, 1.54) is 23.9 Å². The molecule has 1 aromatic carbocycles. The van der Waals surface area contributed by atoms with Crippen molar-refractivity contribution in [1.82, 2.24) is 19.7 Å². The van der Waals surface area contributed by atoms with Crippen LogP contribution in [0.2, 0.25) is 0 Å². The molecule has 2 aromatic heterocycles. The molecule has 158 valence electrons. The zero-order valence-corrected chi connectivity index (χ0v) is 17.4. The molecule has 3 aromatic rings. The number of pyridine rings is 1. The van der Waals surface area contributed by atoms with Crippen LogP contribution in [0.15, 0.2) is 29.3 Å². The third-order valence-electron chi connectivity index (χ3n) is 6.06. The maximum atomic E-state index is 15.2. The molecule has 0 aliphatic carbocycles. The fourth-order valence-corrected chi connectivity index (χ4v) is 4.19. The maximum absolute atomic E-state index is 15.2. The van der Waals surface area contributed by atoms with E-state index in [-0.39, 0.29) is 22.8 Å². The number of nitrogens with zero attached hydrogens (tertiary/aromatic N) is 3. The quantitative estimate of drug-likeness (QED) is 0.713. The van der Waals surface area contributed by atoms with Gasteiger partial charge in [-0.05, 0) is 36.5 Å². The molecule has 1 aliphatic heterocycles. The van der Waals surface area contributed by atoms with E-state index in [0.29, 0.717) is 41.0 Å². The lowest BCUT2D eigenvalue weighted by atomic mass is 9.93. The van der Waals surface area contributed by atoms with Crippen LogP contribution in [-0.2, 0) is 7.05 Å². The molecule has 1 saturated heterocycles. The van der Waals surface area contributed by atoms with E-state index >= 15 is 4.39 Å². The summed E-state index contributed by atoms with van der Waals surface area (Å²) in [6, 6.07) is 2.96. The van der Waals surface area contributed by atoms with Crippen molar-refractivity contribution in [2.75, 3.05) is 20.2 Å². The number of rotatable bonds is 4. The molecule has 4 rings (SSSR count). The Labute approximate surface area is 173 Å². The monoisotopic (exact) mass is 412 g/mol. The Balaban J connectivity index is 1.76. The fraction of sp³-hybridized carbons (Fsp3) is 0.409. The molecule has 7 nitrogen and oxygen atoms in total. The van der Waals surface area contributed by atoms with Crippen LogP contribution >= 0.6 is 0 Å². The highest BCUT2D eigenvalue weighted by Crippen LogP contribution is 2.34. The fourth-order valence-electron chi connectivity index (χ4n) is 4.19. The van der Waals surface area contributed by atoms with Gasteiger partial charge in [0.05, 0.1) is 13.3 Å². The molecule has 0 bridgehead atoms. The summed E-state index contributed by atoms with van der Waals surface area (Å²) in [5, 5.41) is 7.23. The predicted molar refractivity (Wildman–Crippen MR) is 112 cm³/mol. The van der Waals surface area contributed by atoms with Gasteiger partial charge in [-0.2, -0.15) is 5.10 Å². The van der Waals surface area contributed by atoms with Crippen molar-refractivity contribution < 1.29 is 13.9 Å². The Kier molecular flexibility index (Phi) is 5.32. The lowest BCUT2D eigenvalue weighted by molar-refractivity contribution is 0.0680. The van der Waals surface area contributed by atoms with Crippen LogP contribution < -0.4 is 10.3 Å². The standard InChI is InChI=1S/C22H25FN4O3/c1-4-13-5-7-27(8-6-13)21(28)19-17(23)9-14(10-18(19)30-3)16-12-26(2)22(29)20-15(16)11-24-25-20/h9-13H,4-8H2,1-3H3,(H,24,25). The van der Waals surface area contributed by atoms with E-state index in [9.17, 15) is 9.59 Å². The lowest BCUT2D eigenvalue weighted by Crippen LogP contribution is -2.38. The molecular formula is C22H25FN4O3. The number of aryl methyl sites for hydroxylation is 1. The molecule has 1 aliphatic rings. The topological polar surface area (TPSA) is 80.2 Å². The van der Waals surface area contributed by atoms with E-state index < -0.39 is 5.82 Å². The first-order valence-corrected chi connectivity index (χ1v) is 10.1. The molecule has 30 heavy (non-hydrogen) atoms. The van der Waals surface area contributed by atoms with Crippen LogP contribution in [0, 0.1) is 11.7 Å². The summed E-state index contributed by atoms with van der Waals surface area (Å²) >= 11 is 0. The van der Waals surface area contributed by atoms with Crippen LogP contribution in [0.25, 0.3) is 22.0 Å².